The fourth-order valence-electron chi connectivity index (χ4n) is 2.57. The monoisotopic (exact) mass is 629 g/mol. The lowest BCUT2D eigenvalue weighted by Crippen LogP contribution is -2.11. The molecule has 182 valence electrons. The van der Waals surface area contributed by atoms with E-state index < -0.39 is 46.3 Å². The lowest BCUT2D eigenvalue weighted by molar-refractivity contribution is -0.384. The number of hydrogen-bond acceptors (Lipinski definition) is 11. The topological polar surface area (TPSA) is 207 Å². The van der Waals surface area contributed by atoms with Crippen LogP contribution in [0.4, 0.5) is 17.1 Å². The predicted molar refractivity (Wildman–Crippen MR) is 129 cm³/mol. The van der Waals surface area contributed by atoms with Gasteiger partial charge >= 0.3 is 0 Å². The van der Waals surface area contributed by atoms with E-state index in [1.807, 2.05) is 0 Å². The summed E-state index contributed by atoms with van der Waals surface area (Å²) in [4.78, 5) is 8.20. The van der Waals surface area contributed by atoms with E-state index in [-0.39, 0.29) is 11.4 Å². The highest BCUT2D eigenvalue weighted by Crippen LogP contribution is 2.24. The van der Waals surface area contributed by atoms with E-state index in [2.05, 4.69) is 43.3 Å². The van der Waals surface area contributed by atoms with Gasteiger partial charge in [-0.3, -0.25) is 15.5 Å². The van der Waals surface area contributed by atoms with Gasteiger partial charge in [-0.05, 0) is 77.2 Å². The van der Waals surface area contributed by atoms with Gasteiger partial charge in [0, 0.05) is 21.3 Å². The van der Waals surface area contributed by atoms with Gasteiger partial charge in [0.1, 0.15) is 20.2 Å². The molecule has 0 aliphatic rings. The summed E-state index contributed by atoms with van der Waals surface area (Å²) in [6.07, 6.45) is 0. The third-order valence-electron chi connectivity index (χ3n) is 4.21. The fourth-order valence-corrected chi connectivity index (χ4v) is 4.21. The van der Waals surface area contributed by atoms with Crippen LogP contribution in [0, 0.1) is 13.7 Å². The van der Waals surface area contributed by atoms with E-state index in [4.69, 9.17) is 0 Å². The molecule has 0 aliphatic carbocycles. The molecule has 0 unspecified atom stereocenters. The van der Waals surface area contributed by atoms with Crippen LogP contribution in [0.2, 0.25) is 0 Å². The number of nitrogens with zero attached hydrogens (tertiary/aromatic N) is 4. The minimum Gasteiger partial charge on any atom is -0.744 e. The predicted octanol–water partition coefficient (Wildman–Crippen LogP) is 3.57. The fraction of sp³-hybridized carbons (Fsp3) is 0. The maximum absolute atomic E-state index is 11.9. The molecule has 35 heavy (non-hydrogen) atoms. The first-order chi connectivity index (χ1) is 16.3. The molecule has 0 radical (unpaired) electrons. The Kier molecular flexibility index (Phi) is 7.90. The van der Waals surface area contributed by atoms with Crippen LogP contribution in [0.1, 0.15) is 5.56 Å². The Morgan fingerprint density at radius 3 is 2.06 bits per heavy atom. The molecule has 0 saturated carbocycles. The van der Waals surface area contributed by atoms with Crippen LogP contribution >= 0.6 is 22.6 Å². The quantitative estimate of drug-likeness (QED) is 0.0770. The van der Waals surface area contributed by atoms with Crippen molar-refractivity contribution >= 4 is 65.7 Å². The minimum absolute atomic E-state index is 0.128. The Labute approximate surface area is 212 Å². The number of halogens is 1. The molecule has 0 aliphatic heterocycles. The first-order valence-electron chi connectivity index (χ1n) is 9.16. The number of hydrogen-bond donors (Lipinski definition) is 1. The molecule has 0 heterocycles. The number of benzene rings is 3. The second kappa shape index (κ2) is 10.5. The number of amidine groups is 1. The first-order valence-corrected chi connectivity index (χ1v) is 13.1. The number of rotatable bonds is 7. The Hall–Kier alpha value is -3.32. The SMILES string of the molecule is O=[N+]([O-])c1ccc(N=N/C(=N\Nc2ccc(I)cc2)c2ccc(S(=O)(=O)[O-])cc2S(=O)(=O)[O-])cc1. The smallest absolute Gasteiger partial charge is 0.269 e. The van der Waals surface area contributed by atoms with Gasteiger partial charge < -0.3 is 9.11 Å². The highest BCUT2D eigenvalue weighted by molar-refractivity contribution is 14.1. The highest BCUT2D eigenvalue weighted by atomic mass is 127. The molecule has 3 aromatic carbocycles. The lowest BCUT2D eigenvalue weighted by atomic mass is 10.2. The minimum atomic E-state index is -5.29. The molecule has 0 saturated heterocycles. The van der Waals surface area contributed by atoms with Crippen LogP contribution in [0.15, 0.2) is 91.9 Å². The number of azo groups is 1. The third-order valence-corrected chi connectivity index (χ3v) is 6.63. The molecule has 0 bridgehead atoms. The molecule has 13 nitrogen and oxygen atoms in total. The van der Waals surface area contributed by atoms with Gasteiger partial charge in [0.05, 0.1) is 26.1 Å². The summed E-state index contributed by atoms with van der Waals surface area (Å²) in [7, 11) is -10.4. The van der Waals surface area contributed by atoms with Gasteiger partial charge in [0.15, 0.2) is 0 Å². The number of nitrogens with one attached hydrogen (secondary N) is 1. The van der Waals surface area contributed by atoms with Crippen molar-refractivity contribution in [2.75, 3.05) is 5.43 Å². The maximum Gasteiger partial charge on any atom is 0.269 e. The van der Waals surface area contributed by atoms with E-state index in [1.54, 1.807) is 24.3 Å². The van der Waals surface area contributed by atoms with Crippen molar-refractivity contribution in [3.05, 3.63) is 86.0 Å². The summed E-state index contributed by atoms with van der Waals surface area (Å²) in [6, 6.07) is 13.8. The van der Waals surface area contributed by atoms with E-state index in [9.17, 15) is 36.1 Å². The van der Waals surface area contributed by atoms with Crippen LogP contribution in [0.3, 0.4) is 0 Å². The summed E-state index contributed by atoms with van der Waals surface area (Å²) in [6.45, 7) is 0. The average Bonchev–Trinajstić information content (AvgIpc) is 2.79. The Balaban J connectivity index is 2.12. The van der Waals surface area contributed by atoms with E-state index in [0.717, 1.165) is 27.8 Å². The second-order valence-corrected chi connectivity index (χ2v) is 10.6. The van der Waals surface area contributed by atoms with Crippen molar-refractivity contribution in [2.45, 2.75) is 9.79 Å². The lowest BCUT2D eigenvalue weighted by Gasteiger charge is -2.15. The van der Waals surface area contributed by atoms with Gasteiger partial charge in [-0.15, -0.1) is 10.2 Å². The van der Waals surface area contributed by atoms with Crippen molar-refractivity contribution in [2.24, 2.45) is 15.3 Å². The van der Waals surface area contributed by atoms with Crippen molar-refractivity contribution in [3.8, 4) is 0 Å². The molecule has 0 fully saturated rings. The largest absolute Gasteiger partial charge is 0.744 e. The van der Waals surface area contributed by atoms with Gasteiger partial charge in [-0.25, -0.2) is 16.8 Å². The van der Waals surface area contributed by atoms with Gasteiger partial charge in [0.25, 0.3) is 5.69 Å². The number of non-ortho nitro benzene ring substituents is 1. The molecule has 0 amide bonds. The number of nitro groups is 1. The Bertz CT molecular complexity index is 1540. The first kappa shape index (κ1) is 26.3. The zero-order valence-corrected chi connectivity index (χ0v) is 20.9. The maximum atomic E-state index is 11.9. The van der Waals surface area contributed by atoms with Gasteiger partial charge in [-0.1, -0.05) is 0 Å². The van der Waals surface area contributed by atoms with Crippen LogP contribution in [0.25, 0.3) is 0 Å². The van der Waals surface area contributed by atoms with Crippen molar-refractivity contribution in [3.63, 3.8) is 0 Å². The van der Waals surface area contributed by atoms with E-state index in [0.29, 0.717) is 11.8 Å². The second-order valence-electron chi connectivity index (χ2n) is 6.59. The summed E-state index contributed by atoms with van der Waals surface area (Å²) >= 11 is 2.08. The summed E-state index contributed by atoms with van der Waals surface area (Å²) in [5.74, 6) is -0.453. The highest BCUT2D eigenvalue weighted by Gasteiger charge is 2.18. The van der Waals surface area contributed by atoms with Crippen LogP contribution in [-0.4, -0.2) is 36.7 Å². The molecule has 3 aromatic rings. The number of hydrazone groups is 1. The number of nitro benzene ring substituents is 1. The normalized spacial score (nSPS) is 12.6. The standard InChI is InChI=1S/C19H14IN5O8S2/c20-12-1-3-13(4-2-12)21-23-19(24-22-14-5-7-15(8-6-14)25(26)27)17-10-9-16(34(28,29)30)11-18(17)35(31,32)33/h1-11,21H,(H,28,29,30)(H,31,32,33)/p-2/b23-19-,24-22?. The van der Waals surface area contributed by atoms with E-state index >= 15 is 0 Å². The molecule has 0 spiro atoms. The zero-order valence-electron chi connectivity index (χ0n) is 17.1. The zero-order chi connectivity index (χ0) is 25.8. The molecule has 16 heteroatoms. The van der Waals surface area contributed by atoms with Crippen LogP contribution in [-0.2, 0) is 20.2 Å². The van der Waals surface area contributed by atoms with Crippen LogP contribution < -0.4 is 5.43 Å². The van der Waals surface area contributed by atoms with E-state index in [1.165, 1.54) is 12.1 Å². The molecular formula is C19H12IN5O8S2-2. The molecule has 3 rings (SSSR count). The third kappa shape index (κ3) is 7.09. The van der Waals surface area contributed by atoms with Gasteiger partial charge in [-0.2, -0.15) is 5.10 Å². The van der Waals surface area contributed by atoms with Crippen molar-refractivity contribution in [1.82, 2.24) is 0 Å². The molecular weight excluding hydrogens is 617 g/mol. The number of anilines is 1. The average molecular weight is 629 g/mol. The summed E-state index contributed by atoms with van der Waals surface area (Å²) in [5, 5.41) is 22.5. The Morgan fingerprint density at radius 1 is 0.886 bits per heavy atom. The van der Waals surface area contributed by atoms with Crippen molar-refractivity contribution < 1.29 is 30.9 Å². The molecule has 0 atom stereocenters. The van der Waals surface area contributed by atoms with Crippen LogP contribution in [0.5, 0.6) is 0 Å². The Morgan fingerprint density at radius 2 is 1.51 bits per heavy atom. The molecule has 1 N–H and O–H groups in total. The summed E-state index contributed by atoms with van der Waals surface area (Å²) < 4.78 is 70.5. The summed E-state index contributed by atoms with van der Waals surface area (Å²) in [5.41, 5.74) is 2.57. The molecule has 0 aromatic heterocycles. The van der Waals surface area contributed by atoms with Crippen molar-refractivity contribution in [1.29, 1.82) is 0 Å². The van der Waals surface area contributed by atoms with Gasteiger partial charge in [0.2, 0.25) is 5.84 Å².